The number of rotatable bonds is 2. The van der Waals surface area contributed by atoms with E-state index in [1.807, 2.05) is 0 Å². The molecule has 0 unspecified atom stereocenters. The van der Waals surface area contributed by atoms with Crippen molar-refractivity contribution in [3.05, 3.63) is 71.8 Å². The third-order valence-electron chi connectivity index (χ3n) is 1.93. The Morgan fingerprint density at radius 2 is 1.00 bits per heavy atom. The van der Waals surface area contributed by atoms with Gasteiger partial charge in [0.05, 0.1) is 0 Å². The summed E-state index contributed by atoms with van der Waals surface area (Å²) in [4.78, 5) is 20.4. The molecule has 0 fully saturated rings. The molecule has 0 aliphatic rings. The normalized spacial score (nSPS) is 8.42. The Morgan fingerprint density at radius 1 is 0.737 bits per heavy atom. The van der Waals surface area contributed by atoms with Crippen LogP contribution in [0.25, 0.3) is 0 Å². The standard InChI is InChI=1S/2C7H5O2.Y/c2*8-7(9)6-4-2-1-3-5-6;/h2*2-5H,(H,8,9);/q2*-1;+3. The van der Waals surface area contributed by atoms with Crippen molar-refractivity contribution in [1.29, 1.82) is 0 Å². The molecule has 0 saturated heterocycles. The largest absolute Gasteiger partial charge is 3.00 e. The van der Waals surface area contributed by atoms with E-state index in [4.69, 9.17) is 10.2 Å². The van der Waals surface area contributed by atoms with Crippen LogP contribution < -0.4 is 0 Å². The first-order chi connectivity index (χ1) is 8.61. The summed E-state index contributed by atoms with van der Waals surface area (Å²) >= 11 is 0. The topological polar surface area (TPSA) is 74.6 Å². The Hall–Kier alpha value is -1.52. The molecule has 0 spiro atoms. The summed E-state index contributed by atoms with van der Waals surface area (Å²) in [5.74, 6) is -1.80. The molecular weight excluding hydrogens is 321 g/mol. The second-order valence-corrected chi connectivity index (χ2v) is 3.19. The molecule has 0 aliphatic heterocycles. The van der Waals surface area contributed by atoms with Crippen molar-refractivity contribution in [2.75, 3.05) is 0 Å². The zero-order chi connectivity index (χ0) is 13.4. The number of carboxylic acids is 2. The van der Waals surface area contributed by atoms with Gasteiger partial charge in [-0.15, -0.1) is 0 Å². The monoisotopic (exact) mass is 331 g/mol. The fraction of sp³-hybridized carbons (Fsp3) is 0. The molecule has 0 amide bonds. The van der Waals surface area contributed by atoms with Crippen LogP contribution >= 0.6 is 0 Å². The van der Waals surface area contributed by atoms with Crippen molar-refractivity contribution in [2.24, 2.45) is 0 Å². The Bertz CT molecular complexity index is 462. The summed E-state index contributed by atoms with van der Waals surface area (Å²) in [6, 6.07) is 17.7. The number of hydrogen-bond acceptors (Lipinski definition) is 2. The minimum absolute atomic E-state index is 0. The van der Waals surface area contributed by atoms with E-state index in [0.29, 0.717) is 11.1 Å². The molecule has 0 aliphatic carbocycles. The van der Waals surface area contributed by atoms with E-state index in [1.165, 1.54) is 24.3 Å². The summed E-state index contributed by atoms with van der Waals surface area (Å²) in [5, 5.41) is 16.7. The van der Waals surface area contributed by atoms with Crippen LogP contribution in [-0.2, 0) is 32.7 Å². The van der Waals surface area contributed by atoms with Crippen LogP contribution in [0.3, 0.4) is 0 Å². The van der Waals surface area contributed by atoms with Gasteiger partial charge in [0.25, 0.3) is 0 Å². The van der Waals surface area contributed by atoms with E-state index < -0.39 is 11.9 Å². The molecule has 2 aromatic rings. The molecule has 2 aromatic carbocycles. The molecule has 0 saturated carbocycles. The fourth-order valence-corrected chi connectivity index (χ4v) is 1.06. The van der Waals surface area contributed by atoms with Crippen molar-refractivity contribution < 1.29 is 52.5 Å². The first-order valence-electron chi connectivity index (χ1n) is 5.00. The molecular formula is C14H10O4Y+. The van der Waals surface area contributed by atoms with Gasteiger partial charge in [-0.25, -0.2) is 9.59 Å². The Balaban J connectivity index is 0.000000324. The summed E-state index contributed by atoms with van der Waals surface area (Å²) in [5.41, 5.74) is 0.600. The van der Waals surface area contributed by atoms with Gasteiger partial charge in [-0.1, -0.05) is 0 Å². The zero-order valence-electron chi connectivity index (χ0n) is 9.91. The first kappa shape index (κ1) is 17.5. The van der Waals surface area contributed by atoms with Crippen LogP contribution in [0.2, 0.25) is 0 Å². The molecule has 4 nitrogen and oxygen atoms in total. The predicted molar refractivity (Wildman–Crippen MR) is 64.5 cm³/mol. The van der Waals surface area contributed by atoms with E-state index in [2.05, 4.69) is 12.1 Å². The van der Waals surface area contributed by atoms with E-state index >= 15 is 0 Å². The average Bonchev–Trinajstić information content (AvgIpc) is 2.41. The fourth-order valence-electron chi connectivity index (χ4n) is 1.06. The Kier molecular flexibility index (Phi) is 8.67. The van der Waals surface area contributed by atoms with E-state index in [0.717, 1.165) is 0 Å². The van der Waals surface area contributed by atoms with Gasteiger partial charge in [0.2, 0.25) is 0 Å². The van der Waals surface area contributed by atoms with Gasteiger partial charge in [0.1, 0.15) is 0 Å². The Labute approximate surface area is 136 Å². The van der Waals surface area contributed by atoms with Gasteiger partial charge in [-0.3, -0.25) is 0 Å². The van der Waals surface area contributed by atoms with Crippen LogP contribution in [0.5, 0.6) is 0 Å². The molecule has 0 bridgehead atoms. The van der Waals surface area contributed by atoms with Crippen LogP contribution in [-0.4, -0.2) is 22.2 Å². The third-order valence-corrected chi connectivity index (χ3v) is 1.93. The third kappa shape index (κ3) is 6.84. The van der Waals surface area contributed by atoms with Gasteiger partial charge < -0.3 is 10.2 Å². The van der Waals surface area contributed by atoms with Gasteiger partial charge in [0, 0.05) is 0 Å². The average molecular weight is 331 g/mol. The second-order valence-electron chi connectivity index (χ2n) is 3.19. The molecule has 19 heavy (non-hydrogen) atoms. The maximum atomic E-state index is 10.2. The van der Waals surface area contributed by atoms with E-state index in [1.54, 1.807) is 24.3 Å². The Morgan fingerprint density at radius 3 is 1.16 bits per heavy atom. The van der Waals surface area contributed by atoms with Crippen molar-refractivity contribution in [3.63, 3.8) is 0 Å². The molecule has 92 valence electrons. The molecule has 2 rings (SSSR count). The maximum Gasteiger partial charge on any atom is 3.00 e. The van der Waals surface area contributed by atoms with Crippen LogP contribution in [0.1, 0.15) is 20.7 Å². The second kappa shape index (κ2) is 9.42. The summed E-state index contributed by atoms with van der Waals surface area (Å²) < 4.78 is 0. The minimum atomic E-state index is -0.899. The molecule has 0 heterocycles. The zero-order valence-corrected chi connectivity index (χ0v) is 12.7. The summed E-state index contributed by atoms with van der Waals surface area (Å²) in [6.07, 6.45) is 0. The quantitative estimate of drug-likeness (QED) is 0.829. The van der Waals surface area contributed by atoms with Gasteiger partial charge in [-0.05, 0) is 11.1 Å². The maximum absolute atomic E-state index is 10.2. The minimum Gasteiger partial charge on any atom is -0.479 e. The molecule has 0 radical (unpaired) electrons. The summed E-state index contributed by atoms with van der Waals surface area (Å²) in [7, 11) is 0. The number of aromatic carboxylic acids is 2. The summed E-state index contributed by atoms with van der Waals surface area (Å²) in [6.45, 7) is 0. The number of carboxylic acid groups (broad SMARTS) is 2. The van der Waals surface area contributed by atoms with Gasteiger partial charge in [-0.2, -0.15) is 60.7 Å². The van der Waals surface area contributed by atoms with Crippen LogP contribution in [0.15, 0.2) is 48.5 Å². The van der Waals surface area contributed by atoms with Crippen molar-refractivity contribution in [1.82, 2.24) is 0 Å². The van der Waals surface area contributed by atoms with Gasteiger partial charge >= 0.3 is 44.6 Å². The van der Waals surface area contributed by atoms with E-state index in [9.17, 15) is 9.59 Å². The number of hydrogen-bond donors (Lipinski definition) is 2. The molecule has 5 heteroatoms. The van der Waals surface area contributed by atoms with Crippen LogP contribution in [0.4, 0.5) is 0 Å². The smallest absolute Gasteiger partial charge is 0.479 e. The predicted octanol–water partition coefficient (Wildman–Crippen LogP) is 2.37. The van der Waals surface area contributed by atoms with Crippen molar-refractivity contribution in [3.8, 4) is 0 Å². The first-order valence-corrected chi connectivity index (χ1v) is 5.00. The molecule has 0 atom stereocenters. The number of carbonyl (C=O) groups is 2. The molecule has 0 aromatic heterocycles. The van der Waals surface area contributed by atoms with Gasteiger partial charge in [0.15, 0.2) is 0 Å². The SMILES string of the molecule is O=C(O)c1cc[c-]cc1.O=C(O)c1cc[c-]cc1.[Y+3]. The van der Waals surface area contributed by atoms with E-state index in [-0.39, 0.29) is 32.7 Å². The number of benzene rings is 2. The van der Waals surface area contributed by atoms with Crippen molar-refractivity contribution in [2.45, 2.75) is 0 Å². The molecule has 2 N–H and O–H groups in total. The van der Waals surface area contributed by atoms with Crippen molar-refractivity contribution >= 4 is 11.9 Å². The van der Waals surface area contributed by atoms with Crippen LogP contribution in [0, 0.1) is 12.1 Å².